The predicted octanol–water partition coefficient (Wildman–Crippen LogP) is 4.24. The lowest BCUT2D eigenvalue weighted by molar-refractivity contribution is 0.542. The van der Waals surface area contributed by atoms with Gasteiger partial charge in [0.05, 0.1) is 0 Å². The molecule has 0 aliphatic rings. The van der Waals surface area contributed by atoms with Crippen LogP contribution in [-0.2, 0) is 0 Å². The van der Waals surface area contributed by atoms with Crippen LogP contribution in [0.15, 0.2) is 12.1 Å². The SMILES string of the molecule is CCCSCC(NCC)c1c(C)cc(C)cc1F. The van der Waals surface area contributed by atoms with Crippen molar-refractivity contribution in [1.29, 1.82) is 0 Å². The number of aryl methyl sites for hydroxylation is 2. The highest BCUT2D eigenvalue weighted by molar-refractivity contribution is 7.99. The first kappa shape index (κ1) is 15.5. The van der Waals surface area contributed by atoms with Crippen molar-refractivity contribution in [2.45, 2.75) is 40.2 Å². The molecule has 1 aromatic rings. The number of rotatable bonds is 7. The van der Waals surface area contributed by atoms with E-state index in [0.717, 1.165) is 34.7 Å². The molecular weight excluding hydrogens is 245 g/mol. The minimum absolute atomic E-state index is 0.0736. The summed E-state index contributed by atoms with van der Waals surface area (Å²) >= 11 is 1.89. The monoisotopic (exact) mass is 269 g/mol. The van der Waals surface area contributed by atoms with Crippen molar-refractivity contribution in [2.24, 2.45) is 0 Å². The van der Waals surface area contributed by atoms with Gasteiger partial charge in [0, 0.05) is 17.4 Å². The Balaban J connectivity index is 2.90. The van der Waals surface area contributed by atoms with E-state index in [-0.39, 0.29) is 11.9 Å². The first-order valence-electron chi connectivity index (χ1n) is 6.67. The van der Waals surface area contributed by atoms with E-state index in [4.69, 9.17) is 0 Å². The molecule has 0 saturated heterocycles. The highest BCUT2D eigenvalue weighted by Crippen LogP contribution is 2.26. The molecule has 0 aromatic heterocycles. The molecule has 102 valence electrons. The Hall–Kier alpha value is -0.540. The Morgan fingerprint density at radius 3 is 2.56 bits per heavy atom. The van der Waals surface area contributed by atoms with Gasteiger partial charge in [-0.3, -0.25) is 0 Å². The lowest BCUT2D eigenvalue weighted by Crippen LogP contribution is -2.25. The van der Waals surface area contributed by atoms with Gasteiger partial charge in [-0.1, -0.05) is 19.9 Å². The summed E-state index contributed by atoms with van der Waals surface area (Å²) in [5, 5.41) is 3.40. The van der Waals surface area contributed by atoms with Crippen LogP contribution in [0.3, 0.4) is 0 Å². The van der Waals surface area contributed by atoms with Crippen LogP contribution < -0.4 is 5.32 Å². The second kappa shape index (κ2) is 7.80. The quantitative estimate of drug-likeness (QED) is 0.743. The van der Waals surface area contributed by atoms with Crippen molar-refractivity contribution in [3.63, 3.8) is 0 Å². The molecule has 1 N–H and O–H groups in total. The maximum atomic E-state index is 14.1. The Kier molecular flexibility index (Phi) is 6.72. The second-order valence-corrected chi connectivity index (χ2v) is 5.81. The summed E-state index contributed by atoms with van der Waals surface area (Å²) < 4.78 is 14.1. The Labute approximate surface area is 115 Å². The third-order valence-electron chi connectivity index (χ3n) is 2.91. The zero-order valence-electron chi connectivity index (χ0n) is 11.8. The van der Waals surface area contributed by atoms with E-state index in [0.29, 0.717) is 0 Å². The number of benzene rings is 1. The standard InChI is InChI=1S/C15H24FNS/c1-5-7-18-10-14(17-6-2)15-12(4)8-11(3)9-13(15)16/h8-9,14,17H,5-7,10H2,1-4H3. The summed E-state index contributed by atoms with van der Waals surface area (Å²) in [5.74, 6) is 1.99. The van der Waals surface area contributed by atoms with Crippen LogP contribution in [0.2, 0.25) is 0 Å². The summed E-state index contributed by atoms with van der Waals surface area (Å²) in [6.07, 6.45) is 1.17. The zero-order chi connectivity index (χ0) is 13.5. The molecular formula is C15H24FNS. The Morgan fingerprint density at radius 1 is 1.28 bits per heavy atom. The van der Waals surface area contributed by atoms with Crippen LogP contribution in [0, 0.1) is 19.7 Å². The minimum Gasteiger partial charge on any atom is -0.309 e. The number of hydrogen-bond acceptors (Lipinski definition) is 2. The fourth-order valence-corrected chi connectivity index (χ4v) is 3.18. The van der Waals surface area contributed by atoms with Crippen LogP contribution in [0.5, 0.6) is 0 Å². The smallest absolute Gasteiger partial charge is 0.128 e. The van der Waals surface area contributed by atoms with E-state index in [2.05, 4.69) is 25.2 Å². The lowest BCUT2D eigenvalue weighted by Gasteiger charge is -2.21. The summed E-state index contributed by atoms with van der Waals surface area (Å²) in [6, 6.07) is 3.82. The third-order valence-corrected chi connectivity index (χ3v) is 4.18. The van der Waals surface area contributed by atoms with Gasteiger partial charge >= 0.3 is 0 Å². The molecule has 0 aliphatic carbocycles. The van der Waals surface area contributed by atoms with Crippen LogP contribution in [-0.4, -0.2) is 18.1 Å². The topological polar surface area (TPSA) is 12.0 Å². The number of halogens is 1. The number of nitrogens with one attached hydrogen (secondary N) is 1. The summed E-state index contributed by atoms with van der Waals surface area (Å²) in [6.45, 7) is 9.05. The number of hydrogen-bond donors (Lipinski definition) is 1. The summed E-state index contributed by atoms with van der Waals surface area (Å²) in [5.41, 5.74) is 2.88. The first-order chi connectivity index (χ1) is 8.60. The van der Waals surface area contributed by atoms with E-state index >= 15 is 0 Å². The van der Waals surface area contributed by atoms with E-state index in [1.807, 2.05) is 25.6 Å². The molecule has 18 heavy (non-hydrogen) atoms. The highest BCUT2D eigenvalue weighted by Gasteiger charge is 2.17. The van der Waals surface area contributed by atoms with Gasteiger partial charge in [0.25, 0.3) is 0 Å². The molecule has 0 saturated carbocycles. The first-order valence-corrected chi connectivity index (χ1v) is 7.83. The van der Waals surface area contributed by atoms with Crippen molar-refractivity contribution >= 4 is 11.8 Å². The average Bonchev–Trinajstić information content (AvgIpc) is 2.28. The molecule has 0 radical (unpaired) electrons. The molecule has 1 atom stereocenters. The van der Waals surface area contributed by atoms with Crippen molar-refractivity contribution < 1.29 is 4.39 Å². The molecule has 0 spiro atoms. The minimum atomic E-state index is -0.0736. The lowest BCUT2D eigenvalue weighted by atomic mass is 9.99. The summed E-state index contributed by atoms with van der Waals surface area (Å²) in [7, 11) is 0. The maximum absolute atomic E-state index is 14.1. The predicted molar refractivity (Wildman–Crippen MR) is 79.9 cm³/mol. The van der Waals surface area contributed by atoms with Gasteiger partial charge in [-0.15, -0.1) is 0 Å². The van der Waals surface area contributed by atoms with Crippen LogP contribution in [0.4, 0.5) is 4.39 Å². The zero-order valence-corrected chi connectivity index (χ0v) is 12.7. The van der Waals surface area contributed by atoms with Gasteiger partial charge in [-0.2, -0.15) is 11.8 Å². The van der Waals surface area contributed by atoms with Gasteiger partial charge in [-0.05, 0) is 49.8 Å². The van der Waals surface area contributed by atoms with Crippen molar-refractivity contribution in [3.05, 3.63) is 34.6 Å². The molecule has 0 heterocycles. The van der Waals surface area contributed by atoms with Crippen LogP contribution in [0.1, 0.15) is 43.0 Å². The van der Waals surface area contributed by atoms with E-state index in [1.54, 1.807) is 6.07 Å². The fourth-order valence-electron chi connectivity index (χ4n) is 2.20. The molecule has 0 amide bonds. The summed E-state index contributed by atoms with van der Waals surface area (Å²) in [4.78, 5) is 0. The van der Waals surface area contributed by atoms with Crippen molar-refractivity contribution in [3.8, 4) is 0 Å². The average molecular weight is 269 g/mol. The molecule has 0 fully saturated rings. The molecule has 1 aromatic carbocycles. The van der Waals surface area contributed by atoms with E-state index in [9.17, 15) is 4.39 Å². The van der Waals surface area contributed by atoms with Crippen LogP contribution in [0.25, 0.3) is 0 Å². The third kappa shape index (κ3) is 4.29. The maximum Gasteiger partial charge on any atom is 0.128 e. The molecule has 1 rings (SSSR count). The van der Waals surface area contributed by atoms with Gasteiger partial charge in [0.15, 0.2) is 0 Å². The van der Waals surface area contributed by atoms with Crippen LogP contribution >= 0.6 is 11.8 Å². The fraction of sp³-hybridized carbons (Fsp3) is 0.600. The van der Waals surface area contributed by atoms with E-state index in [1.165, 1.54) is 6.42 Å². The molecule has 0 aliphatic heterocycles. The van der Waals surface area contributed by atoms with Gasteiger partial charge in [0.1, 0.15) is 5.82 Å². The van der Waals surface area contributed by atoms with Gasteiger partial charge in [0.2, 0.25) is 0 Å². The second-order valence-electron chi connectivity index (χ2n) is 4.66. The normalized spacial score (nSPS) is 12.7. The largest absolute Gasteiger partial charge is 0.309 e. The van der Waals surface area contributed by atoms with Crippen molar-refractivity contribution in [1.82, 2.24) is 5.32 Å². The molecule has 1 unspecified atom stereocenters. The Bertz CT molecular complexity index is 356. The van der Waals surface area contributed by atoms with Gasteiger partial charge < -0.3 is 5.32 Å². The van der Waals surface area contributed by atoms with Crippen molar-refractivity contribution in [2.75, 3.05) is 18.1 Å². The molecule has 3 heteroatoms. The van der Waals surface area contributed by atoms with E-state index < -0.39 is 0 Å². The van der Waals surface area contributed by atoms with Gasteiger partial charge in [-0.25, -0.2) is 4.39 Å². The Morgan fingerprint density at radius 2 is 2.00 bits per heavy atom. The molecule has 1 nitrogen and oxygen atoms in total. The highest BCUT2D eigenvalue weighted by atomic mass is 32.2. The number of thioether (sulfide) groups is 1. The molecule has 0 bridgehead atoms.